The molecule has 0 atom stereocenters. The van der Waals surface area contributed by atoms with Crippen molar-refractivity contribution in [3.63, 3.8) is 0 Å². The summed E-state index contributed by atoms with van der Waals surface area (Å²) in [6, 6.07) is 14.3. The lowest BCUT2D eigenvalue weighted by molar-refractivity contribution is -0.151. The van der Waals surface area contributed by atoms with Crippen molar-refractivity contribution in [1.82, 2.24) is 4.90 Å². The van der Waals surface area contributed by atoms with Crippen LogP contribution in [0.2, 0.25) is 10.0 Å². The molecule has 0 unspecified atom stereocenters. The predicted octanol–water partition coefficient (Wildman–Crippen LogP) is 4.98. The van der Waals surface area contributed by atoms with E-state index in [0.29, 0.717) is 36.0 Å². The quantitative estimate of drug-likeness (QED) is 0.728. The molecule has 0 spiro atoms. The smallest absolute Gasteiger partial charge is 0.321 e. The van der Waals surface area contributed by atoms with Gasteiger partial charge >= 0.3 is 12.0 Å². The highest BCUT2D eigenvalue weighted by Gasteiger charge is 2.28. The fourth-order valence-corrected chi connectivity index (χ4v) is 3.26. The molecule has 3 rings (SSSR count). The summed E-state index contributed by atoms with van der Waals surface area (Å²) in [7, 11) is 0. The molecule has 7 heteroatoms. The van der Waals surface area contributed by atoms with Crippen LogP contribution in [0.1, 0.15) is 18.4 Å². The van der Waals surface area contributed by atoms with E-state index in [1.54, 1.807) is 23.1 Å². The van der Waals surface area contributed by atoms with Gasteiger partial charge < -0.3 is 15.0 Å². The van der Waals surface area contributed by atoms with Crippen LogP contribution in [0.15, 0.2) is 48.5 Å². The first-order chi connectivity index (χ1) is 13.0. The van der Waals surface area contributed by atoms with Crippen molar-refractivity contribution >= 4 is 40.9 Å². The van der Waals surface area contributed by atoms with E-state index in [2.05, 4.69) is 5.32 Å². The summed E-state index contributed by atoms with van der Waals surface area (Å²) in [6.45, 7) is 1.20. The zero-order valence-electron chi connectivity index (χ0n) is 14.7. The summed E-state index contributed by atoms with van der Waals surface area (Å²) >= 11 is 11.8. The number of hydrogen-bond donors (Lipinski definition) is 1. The summed E-state index contributed by atoms with van der Waals surface area (Å²) in [5.41, 5.74) is 1.54. The maximum atomic E-state index is 12.3. The minimum atomic E-state index is -0.246. The van der Waals surface area contributed by atoms with E-state index in [4.69, 9.17) is 27.9 Å². The number of amides is 2. The van der Waals surface area contributed by atoms with Gasteiger partial charge in [-0.3, -0.25) is 4.79 Å². The van der Waals surface area contributed by atoms with Crippen LogP contribution in [0.4, 0.5) is 10.5 Å². The average molecular weight is 407 g/mol. The highest BCUT2D eigenvalue weighted by molar-refractivity contribution is 6.42. The molecule has 1 fully saturated rings. The van der Waals surface area contributed by atoms with Crippen LogP contribution in [-0.2, 0) is 16.1 Å². The topological polar surface area (TPSA) is 58.6 Å². The first-order valence-electron chi connectivity index (χ1n) is 8.74. The van der Waals surface area contributed by atoms with Gasteiger partial charge in [0.05, 0.1) is 16.0 Å². The number of para-hydroxylation sites is 1. The highest BCUT2D eigenvalue weighted by atomic mass is 35.5. The van der Waals surface area contributed by atoms with Crippen molar-refractivity contribution in [2.75, 3.05) is 18.4 Å². The summed E-state index contributed by atoms with van der Waals surface area (Å²) in [6.07, 6.45) is 1.17. The van der Waals surface area contributed by atoms with Crippen LogP contribution in [0, 0.1) is 5.92 Å². The molecule has 0 aliphatic carbocycles. The number of piperidine rings is 1. The molecule has 1 heterocycles. The molecule has 2 aromatic carbocycles. The molecule has 5 nitrogen and oxygen atoms in total. The summed E-state index contributed by atoms with van der Waals surface area (Å²) < 4.78 is 5.39. The van der Waals surface area contributed by atoms with E-state index in [1.165, 1.54) is 0 Å². The number of benzene rings is 2. The van der Waals surface area contributed by atoms with Gasteiger partial charge in [0.2, 0.25) is 0 Å². The van der Waals surface area contributed by atoms with E-state index in [-0.39, 0.29) is 24.5 Å². The van der Waals surface area contributed by atoms with Gasteiger partial charge in [0, 0.05) is 18.8 Å². The summed E-state index contributed by atoms with van der Waals surface area (Å²) in [4.78, 5) is 26.3. The second-order valence-electron chi connectivity index (χ2n) is 6.41. The molecular weight excluding hydrogens is 387 g/mol. The number of likely N-dealkylation sites (tertiary alicyclic amines) is 1. The molecule has 1 aliphatic heterocycles. The van der Waals surface area contributed by atoms with Crippen LogP contribution >= 0.6 is 23.2 Å². The first-order valence-corrected chi connectivity index (χ1v) is 9.50. The molecule has 0 aromatic heterocycles. The highest BCUT2D eigenvalue weighted by Crippen LogP contribution is 2.24. The van der Waals surface area contributed by atoms with Crippen LogP contribution in [-0.4, -0.2) is 30.0 Å². The number of nitrogens with zero attached hydrogens (tertiary/aromatic N) is 1. The monoisotopic (exact) mass is 406 g/mol. The molecule has 142 valence electrons. The predicted molar refractivity (Wildman–Crippen MR) is 106 cm³/mol. The van der Waals surface area contributed by atoms with Gasteiger partial charge in [-0.15, -0.1) is 0 Å². The Bertz CT molecular complexity index is 806. The number of nitrogens with one attached hydrogen (secondary N) is 1. The number of rotatable bonds is 4. The third kappa shape index (κ3) is 5.37. The zero-order chi connectivity index (χ0) is 19.2. The largest absolute Gasteiger partial charge is 0.461 e. The summed E-state index contributed by atoms with van der Waals surface area (Å²) in [5, 5.41) is 3.76. The van der Waals surface area contributed by atoms with Crippen molar-refractivity contribution in [2.24, 2.45) is 5.92 Å². The Balaban J connectivity index is 1.44. The third-order valence-corrected chi connectivity index (χ3v) is 5.24. The van der Waals surface area contributed by atoms with Crippen molar-refractivity contribution in [2.45, 2.75) is 19.4 Å². The minimum Gasteiger partial charge on any atom is -0.461 e. The lowest BCUT2D eigenvalue weighted by atomic mass is 9.97. The number of anilines is 1. The fourth-order valence-electron chi connectivity index (χ4n) is 2.94. The number of ether oxygens (including phenoxy) is 1. The van der Waals surface area contributed by atoms with Gasteiger partial charge in [0.15, 0.2) is 0 Å². The third-order valence-electron chi connectivity index (χ3n) is 4.51. The molecule has 1 saturated heterocycles. The van der Waals surface area contributed by atoms with E-state index >= 15 is 0 Å². The van der Waals surface area contributed by atoms with Crippen LogP contribution < -0.4 is 5.32 Å². The normalized spacial score (nSPS) is 14.7. The number of halogens is 2. The Kier molecular flexibility index (Phi) is 6.58. The van der Waals surface area contributed by atoms with E-state index in [1.807, 2.05) is 30.3 Å². The van der Waals surface area contributed by atoms with Crippen molar-refractivity contribution in [3.05, 3.63) is 64.1 Å². The minimum absolute atomic E-state index is 0.149. The Morgan fingerprint density at radius 1 is 1.04 bits per heavy atom. The number of urea groups is 1. The molecule has 1 N–H and O–H groups in total. The van der Waals surface area contributed by atoms with E-state index in [0.717, 1.165) is 11.3 Å². The van der Waals surface area contributed by atoms with Crippen LogP contribution in [0.5, 0.6) is 0 Å². The van der Waals surface area contributed by atoms with Gasteiger partial charge in [-0.05, 0) is 42.7 Å². The molecule has 2 amide bonds. The van der Waals surface area contributed by atoms with Gasteiger partial charge in [-0.2, -0.15) is 0 Å². The number of hydrogen-bond acceptors (Lipinski definition) is 3. The van der Waals surface area contributed by atoms with Gasteiger partial charge in [0.25, 0.3) is 0 Å². The Morgan fingerprint density at radius 3 is 2.41 bits per heavy atom. The van der Waals surface area contributed by atoms with E-state index in [9.17, 15) is 9.59 Å². The van der Waals surface area contributed by atoms with Crippen LogP contribution in [0.25, 0.3) is 0 Å². The maximum Gasteiger partial charge on any atom is 0.321 e. The molecular formula is C20H20Cl2N2O3. The maximum absolute atomic E-state index is 12.3. The Labute approximate surface area is 168 Å². The number of carbonyl (C=O) groups is 2. The average Bonchev–Trinajstić information content (AvgIpc) is 2.69. The molecule has 27 heavy (non-hydrogen) atoms. The van der Waals surface area contributed by atoms with Crippen molar-refractivity contribution < 1.29 is 14.3 Å². The van der Waals surface area contributed by atoms with Crippen LogP contribution in [0.3, 0.4) is 0 Å². The van der Waals surface area contributed by atoms with Gasteiger partial charge in [0.1, 0.15) is 6.61 Å². The molecule has 2 aromatic rings. The van der Waals surface area contributed by atoms with Crippen molar-refractivity contribution in [3.8, 4) is 0 Å². The lowest BCUT2D eigenvalue weighted by Crippen LogP contribution is -2.42. The molecule has 0 radical (unpaired) electrons. The summed E-state index contributed by atoms with van der Waals surface area (Å²) in [5.74, 6) is -0.447. The number of esters is 1. The Morgan fingerprint density at radius 2 is 1.74 bits per heavy atom. The lowest BCUT2D eigenvalue weighted by Gasteiger charge is -2.31. The van der Waals surface area contributed by atoms with Gasteiger partial charge in [-0.25, -0.2) is 4.79 Å². The Hall–Kier alpha value is -2.24. The number of carbonyl (C=O) groups excluding carboxylic acids is 2. The molecule has 0 bridgehead atoms. The van der Waals surface area contributed by atoms with E-state index < -0.39 is 0 Å². The van der Waals surface area contributed by atoms with Gasteiger partial charge in [-0.1, -0.05) is 47.5 Å². The van der Waals surface area contributed by atoms with Crippen molar-refractivity contribution in [1.29, 1.82) is 0 Å². The first kappa shape index (κ1) is 19.5. The standard InChI is InChI=1S/C20H20Cl2N2O3/c21-17-7-6-14(12-18(17)22)13-27-19(25)15-8-10-24(11-9-15)20(26)23-16-4-2-1-3-5-16/h1-7,12,15H,8-11,13H2,(H,23,26). The second-order valence-corrected chi connectivity index (χ2v) is 7.23. The second kappa shape index (κ2) is 9.11. The zero-order valence-corrected chi connectivity index (χ0v) is 16.2. The fraction of sp³-hybridized carbons (Fsp3) is 0.300. The molecule has 0 saturated carbocycles. The molecule has 1 aliphatic rings. The SMILES string of the molecule is O=C(OCc1ccc(Cl)c(Cl)c1)C1CCN(C(=O)Nc2ccccc2)CC1.